The molecule has 0 saturated carbocycles. The highest BCUT2D eigenvalue weighted by atomic mass is 16.5. The Bertz CT molecular complexity index is 375. The maximum absolute atomic E-state index is 11.3. The van der Waals surface area contributed by atoms with Gasteiger partial charge in [0.15, 0.2) is 0 Å². The molecule has 0 amide bonds. The second-order valence-corrected chi connectivity index (χ2v) is 2.89. The van der Waals surface area contributed by atoms with Crippen LogP contribution in [0.1, 0.15) is 12.6 Å². The van der Waals surface area contributed by atoms with E-state index in [1.807, 2.05) is 0 Å². The van der Waals surface area contributed by atoms with Crippen LogP contribution in [-0.4, -0.2) is 35.7 Å². The Balaban J connectivity index is 2.59. The van der Waals surface area contributed by atoms with Crippen molar-refractivity contribution >= 4 is 11.8 Å². The van der Waals surface area contributed by atoms with Crippen LogP contribution in [0.25, 0.3) is 0 Å². The molecule has 0 aliphatic heterocycles. The molecule has 1 aromatic heterocycles. The highest BCUT2D eigenvalue weighted by molar-refractivity contribution is 6.34. The van der Waals surface area contributed by atoms with Gasteiger partial charge < -0.3 is 9.47 Å². The van der Waals surface area contributed by atoms with Gasteiger partial charge in [-0.25, -0.2) is 4.79 Å². The minimum Gasteiger partial charge on any atom is -0.480 e. The zero-order chi connectivity index (χ0) is 12.0. The van der Waals surface area contributed by atoms with Gasteiger partial charge in [-0.2, -0.15) is 5.10 Å². The lowest BCUT2D eigenvalue weighted by Crippen LogP contribution is -2.20. The van der Waals surface area contributed by atoms with Crippen LogP contribution in [-0.2, 0) is 20.7 Å². The van der Waals surface area contributed by atoms with E-state index in [1.165, 1.54) is 7.11 Å². The second kappa shape index (κ2) is 5.79. The van der Waals surface area contributed by atoms with Gasteiger partial charge in [0.05, 0.1) is 25.8 Å². The standard InChI is InChI=1S/C10H12N2O4/c1-3-16-10(14)8(13)6-7-4-5-9(15-2)12-11-7/h4-5H,3,6H2,1-2H3. The summed E-state index contributed by atoms with van der Waals surface area (Å²) in [5.41, 5.74) is 0.402. The van der Waals surface area contributed by atoms with Crippen LogP contribution in [0.2, 0.25) is 0 Å². The van der Waals surface area contributed by atoms with E-state index in [-0.39, 0.29) is 13.0 Å². The molecule has 0 unspecified atom stereocenters. The summed E-state index contributed by atoms with van der Waals surface area (Å²) >= 11 is 0. The van der Waals surface area contributed by atoms with Crippen LogP contribution in [0.15, 0.2) is 12.1 Å². The van der Waals surface area contributed by atoms with E-state index in [2.05, 4.69) is 14.9 Å². The normalized spacial score (nSPS) is 9.62. The molecule has 0 atom stereocenters. The number of rotatable bonds is 5. The summed E-state index contributed by atoms with van der Waals surface area (Å²) in [6, 6.07) is 3.14. The van der Waals surface area contributed by atoms with Crippen molar-refractivity contribution in [3.63, 3.8) is 0 Å². The molecule has 0 aliphatic rings. The van der Waals surface area contributed by atoms with Crippen LogP contribution in [0.5, 0.6) is 5.88 Å². The first-order valence-electron chi connectivity index (χ1n) is 4.74. The fourth-order valence-electron chi connectivity index (χ4n) is 0.999. The average Bonchev–Trinajstić information content (AvgIpc) is 2.30. The summed E-state index contributed by atoms with van der Waals surface area (Å²) in [5, 5.41) is 7.41. The third kappa shape index (κ3) is 3.30. The number of ketones is 1. The van der Waals surface area contributed by atoms with Crippen molar-refractivity contribution < 1.29 is 19.1 Å². The van der Waals surface area contributed by atoms with Gasteiger partial charge >= 0.3 is 5.97 Å². The van der Waals surface area contributed by atoms with Crippen molar-refractivity contribution in [1.82, 2.24) is 10.2 Å². The smallest absolute Gasteiger partial charge is 0.375 e. The zero-order valence-corrected chi connectivity index (χ0v) is 9.10. The molecule has 6 heteroatoms. The minimum absolute atomic E-state index is 0.115. The molecule has 0 N–H and O–H groups in total. The summed E-state index contributed by atoms with van der Waals surface area (Å²) in [5.74, 6) is -1.13. The van der Waals surface area contributed by atoms with E-state index >= 15 is 0 Å². The molecule has 0 saturated heterocycles. The molecule has 0 radical (unpaired) electrons. The minimum atomic E-state index is -0.847. The van der Waals surface area contributed by atoms with E-state index in [9.17, 15) is 9.59 Å². The Morgan fingerprint density at radius 1 is 1.31 bits per heavy atom. The van der Waals surface area contributed by atoms with Crippen LogP contribution < -0.4 is 4.74 Å². The van der Waals surface area contributed by atoms with Gasteiger partial charge in [-0.1, -0.05) is 0 Å². The van der Waals surface area contributed by atoms with Crippen molar-refractivity contribution in [2.45, 2.75) is 13.3 Å². The largest absolute Gasteiger partial charge is 0.480 e. The van der Waals surface area contributed by atoms with Gasteiger partial charge in [-0.15, -0.1) is 5.10 Å². The molecule has 0 fully saturated rings. The van der Waals surface area contributed by atoms with E-state index in [1.54, 1.807) is 19.1 Å². The molecule has 0 bridgehead atoms. The predicted octanol–water partition coefficient (Wildman–Crippen LogP) is 0.160. The molecule has 86 valence electrons. The summed E-state index contributed by atoms with van der Waals surface area (Å²) < 4.78 is 9.37. The Hall–Kier alpha value is -1.98. The predicted molar refractivity (Wildman–Crippen MR) is 53.9 cm³/mol. The van der Waals surface area contributed by atoms with Crippen LogP contribution >= 0.6 is 0 Å². The Labute approximate surface area is 92.6 Å². The SMILES string of the molecule is CCOC(=O)C(=O)Cc1ccc(OC)nn1. The average molecular weight is 224 g/mol. The molecule has 1 heterocycles. The first kappa shape index (κ1) is 12.1. The summed E-state index contributed by atoms with van der Waals surface area (Å²) in [6.07, 6.45) is -0.115. The Kier molecular flexibility index (Phi) is 4.38. The lowest BCUT2D eigenvalue weighted by atomic mass is 10.2. The number of carbonyl (C=O) groups is 2. The van der Waals surface area contributed by atoms with Gasteiger partial charge in [0.1, 0.15) is 0 Å². The van der Waals surface area contributed by atoms with Crippen molar-refractivity contribution in [3.05, 3.63) is 17.8 Å². The summed E-state index contributed by atoms with van der Waals surface area (Å²) in [6.45, 7) is 1.82. The molecule has 0 spiro atoms. The van der Waals surface area contributed by atoms with E-state index in [4.69, 9.17) is 4.74 Å². The number of hydrogen-bond acceptors (Lipinski definition) is 6. The van der Waals surface area contributed by atoms with Gasteiger partial charge in [-0.3, -0.25) is 4.79 Å². The molecule has 6 nitrogen and oxygen atoms in total. The highest BCUT2D eigenvalue weighted by Crippen LogP contribution is 2.04. The molecule has 1 rings (SSSR count). The number of nitrogens with zero attached hydrogens (tertiary/aromatic N) is 2. The zero-order valence-electron chi connectivity index (χ0n) is 9.10. The maximum Gasteiger partial charge on any atom is 0.375 e. The second-order valence-electron chi connectivity index (χ2n) is 2.89. The summed E-state index contributed by atoms with van der Waals surface area (Å²) in [7, 11) is 1.47. The third-order valence-electron chi connectivity index (χ3n) is 1.75. The Morgan fingerprint density at radius 2 is 2.06 bits per heavy atom. The molecule has 0 aliphatic carbocycles. The van der Waals surface area contributed by atoms with Gasteiger partial charge in [0.25, 0.3) is 0 Å². The van der Waals surface area contributed by atoms with E-state index < -0.39 is 11.8 Å². The number of esters is 1. The van der Waals surface area contributed by atoms with Gasteiger partial charge in [0, 0.05) is 6.07 Å². The fraction of sp³-hybridized carbons (Fsp3) is 0.400. The first-order valence-corrected chi connectivity index (χ1v) is 4.74. The molecule has 1 aromatic rings. The van der Waals surface area contributed by atoms with Crippen molar-refractivity contribution in [2.75, 3.05) is 13.7 Å². The van der Waals surface area contributed by atoms with E-state index in [0.29, 0.717) is 11.6 Å². The van der Waals surface area contributed by atoms with Crippen LogP contribution in [0, 0.1) is 0 Å². The number of carbonyl (C=O) groups excluding carboxylic acids is 2. The number of aromatic nitrogens is 2. The van der Waals surface area contributed by atoms with Crippen molar-refractivity contribution in [3.8, 4) is 5.88 Å². The highest BCUT2D eigenvalue weighted by Gasteiger charge is 2.16. The van der Waals surface area contributed by atoms with Crippen LogP contribution in [0.4, 0.5) is 0 Å². The lowest BCUT2D eigenvalue weighted by Gasteiger charge is -2.01. The third-order valence-corrected chi connectivity index (χ3v) is 1.75. The number of ether oxygens (including phenoxy) is 2. The van der Waals surface area contributed by atoms with Crippen molar-refractivity contribution in [1.29, 1.82) is 0 Å². The number of Topliss-reactive ketones (excluding diaryl/α,β-unsaturated/α-hetero) is 1. The van der Waals surface area contributed by atoms with Gasteiger partial charge in [0.2, 0.25) is 11.7 Å². The lowest BCUT2D eigenvalue weighted by molar-refractivity contribution is -0.153. The van der Waals surface area contributed by atoms with E-state index in [0.717, 1.165) is 0 Å². The van der Waals surface area contributed by atoms with Crippen LogP contribution in [0.3, 0.4) is 0 Å². The molecule has 0 aromatic carbocycles. The van der Waals surface area contributed by atoms with Gasteiger partial charge in [-0.05, 0) is 13.0 Å². The molecule has 16 heavy (non-hydrogen) atoms. The first-order chi connectivity index (χ1) is 7.67. The number of methoxy groups -OCH3 is 1. The quantitative estimate of drug-likeness (QED) is 0.523. The summed E-state index contributed by atoms with van der Waals surface area (Å²) in [4.78, 5) is 22.3. The topological polar surface area (TPSA) is 78.4 Å². The maximum atomic E-state index is 11.3. The fourth-order valence-corrected chi connectivity index (χ4v) is 0.999. The molecular formula is C10H12N2O4. The Morgan fingerprint density at radius 3 is 2.56 bits per heavy atom. The monoisotopic (exact) mass is 224 g/mol. The number of hydrogen-bond donors (Lipinski definition) is 0. The van der Waals surface area contributed by atoms with Crippen molar-refractivity contribution in [2.24, 2.45) is 0 Å². The molecular weight excluding hydrogens is 212 g/mol.